The molecule has 0 aliphatic carbocycles. The van der Waals surface area contributed by atoms with E-state index in [0.717, 1.165) is 18.5 Å². The van der Waals surface area contributed by atoms with Crippen LogP contribution in [0.4, 0.5) is 0 Å². The van der Waals surface area contributed by atoms with Crippen LogP contribution in [0.1, 0.15) is 52.9 Å². The van der Waals surface area contributed by atoms with E-state index in [2.05, 4.69) is 44.7 Å². The van der Waals surface area contributed by atoms with Gasteiger partial charge < -0.3 is 15.5 Å². The van der Waals surface area contributed by atoms with Crippen molar-refractivity contribution in [2.75, 3.05) is 40.3 Å². The number of hydrogen-bond acceptors (Lipinski definition) is 3. The molecular formula is C17H37N3. The zero-order valence-corrected chi connectivity index (χ0v) is 14.5. The summed E-state index contributed by atoms with van der Waals surface area (Å²) in [6.07, 6.45) is 6.49. The van der Waals surface area contributed by atoms with Crippen LogP contribution in [0, 0.1) is 11.3 Å². The van der Waals surface area contributed by atoms with Crippen LogP contribution in [-0.4, -0.2) is 56.1 Å². The highest BCUT2D eigenvalue weighted by molar-refractivity contribution is 4.78. The zero-order chi connectivity index (χ0) is 15.2. The molecule has 1 saturated heterocycles. The van der Waals surface area contributed by atoms with Crippen molar-refractivity contribution in [3.8, 4) is 0 Å². The van der Waals surface area contributed by atoms with Gasteiger partial charge >= 0.3 is 0 Å². The van der Waals surface area contributed by atoms with Gasteiger partial charge in [-0.15, -0.1) is 0 Å². The lowest BCUT2D eigenvalue weighted by Gasteiger charge is -2.36. The fourth-order valence-electron chi connectivity index (χ4n) is 3.43. The van der Waals surface area contributed by atoms with Crippen molar-refractivity contribution in [2.24, 2.45) is 17.1 Å². The van der Waals surface area contributed by atoms with E-state index >= 15 is 0 Å². The second-order valence-electron chi connectivity index (χ2n) is 7.82. The fourth-order valence-corrected chi connectivity index (χ4v) is 3.43. The van der Waals surface area contributed by atoms with Crippen LogP contribution in [0.3, 0.4) is 0 Å². The van der Waals surface area contributed by atoms with E-state index in [-0.39, 0.29) is 0 Å². The second-order valence-corrected chi connectivity index (χ2v) is 7.82. The Morgan fingerprint density at radius 3 is 2.20 bits per heavy atom. The first-order chi connectivity index (χ1) is 9.34. The van der Waals surface area contributed by atoms with Crippen molar-refractivity contribution in [2.45, 2.75) is 58.9 Å². The third kappa shape index (κ3) is 6.11. The van der Waals surface area contributed by atoms with Gasteiger partial charge in [0.05, 0.1) is 0 Å². The molecule has 1 rings (SSSR count). The van der Waals surface area contributed by atoms with Gasteiger partial charge in [0.2, 0.25) is 0 Å². The molecule has 0 aromatic carbocycles. The van der Waals surface area contributed by atoms with Gasteiger partial charge in [-0.1, -0.05) is 20.8 Å². The largest absolute Gasteiger partial charge is 0.330 e. The summed E-state index contributed by atoms with van der Waals surface area (Å²) < 4.78 is 0. The number of hydrogen-bond donors (Lipinski definition) is 1. The molecule has 3 heteroatoms. The van der Waals surface area contributed by atoms with Gasteiger partial charge in [-0.2, -0.15) is 0 Å². The lowest BCUT2D eigenvalue weighted by molar-refractivity contribution is 0.135. The average molecular weight is 284 g/mol. The van der Waals surface area contributed by atoms with Crippen molar-refractivity contribution in [3.63, 3.8) is 0 Å². The zero-order valence-electron chi connectivity index (χ0n) is 14.5. The monoisotopic (exact) mass is 283 g/mol. The minimum absolute atomic E-state index is 0.400. The van der Waals surface area contributed by atoms with Crippen LogP contribution >= 0.6 is 0 Å². The highest BCUT2D eigenvalue weighted by Gasteiger charge is 2.24. The van der Waals surface area contributed by atoms with Gasteiger partial charge in [0.25, 0.3) is 0 Å². The molecule has 3 nitrogen and oxygen atoms in total. The van der Waals surface area contributed by atoms with Crippen LogP contribution in [0.15, 0.2) is 0 Å². The molecule has 0 saturated carbocycles. The van der Waals surface area contributed by atoms with Gasteiger partial charge in [-0.3, -0.25) is 0 Å². The first-order valence-corrected chi connectivity index (χ1v) is 8.43. The lowest BCUT2D eigenvalue weighted by atomic mass is 9.76. The van der Waals surface area contributed by atoms with Crippen LogP contribution in [0.25, 0.3) is 0 Å². The number of nitrogens with two attached hydrogens (primary N) is 1. The molecule has 0 spiro atoms. The molecule has 2 N–H and O–H groups in total. The molecule has 120 valence electrons. The highest BCUT2D eigenvalue weighted by atomic mass is 15.2. The first-order valence-electron chi connectivity index (χ1n) is 8.43. The van der Waals surface area contributed by atoms with Crippen molar-refractivity contribution in [3.05, 3.63) is 0 Å². The average Bonchev–Trinajstić information content (AvgIpc) is 2.37. The van der Waals surface area contributed by atoms with Crippen molar-refractivity contribution >= 4 is 0 Å². The van der Waals surface area contributed by atoms with Gasteiger partial charge in [-0.05, 0) is 83.7 Å². The summed E-state index contributed by atoms with van der Waals surface area (Å²) in [6, 6.07) is 0.797. The van der Waals surface area contributed by atoms with Crippen LogP contribution < -0.4 is 5.73 Å². The van der Waals surface area contributed by atoms with Crippen LogP contribution in [0.5, 0.6) is 0 Å². The Morgan fingerprint density at radius 1 is 1.15 bits per heavy atom. The molecule has 1 fully saturated rings. The Balaban J connectivity index is 2.24. The summed E-state index contributed by atoms with van der Waals surface area (Å²) in [5.41, 5.74) is 6.17. The summed E-state index contributed by atoms with van der Waals surface area (Å²) >= 11 is 0. The summed E-state index contributed by atoms with van der Waals surface area (Å²) in [5.74, 6) is 0.770. The fraction of sp³-hybridized carbons (Fsp3) is 1.00. The molecule has 20 heavy (non-hydrogen) atoms. The molecule has 0 bridgehead atoms. The molecule has 0 aromatic rings. The van der Waals surface area contributed by atoms with E-state index in [1.54, 1.807) is 0 Å². The van der Waals surface area contributed by atoms with Crippen molar-refractivity contribution in [1.29, 1.82) is 0 Å². The normalized spacial score (nSPS) is 20.6. The van der Waals surface area contributed by atoms with Gasteiger partial charge in [0.1, 0.15) is 0 Å². The maximum atomic E-state index is 5.77. The van der Waals surface area contributed by atoms with E-state index in [1.165, 1.54) is 51.7 Å². The standard InChI is InChI=1S/C17H37N3/c1-17(2,3)15(8-11-18)7-6-12-20-13-9-16(10-14-20)19(4)5/h15-16H,6-14,18H2,1-5H3. The maximum absolute atomic E-state index is 5.77. The van der Waals surface area contributed by atoms with Gasteiger partial charge in [0, 0.05) is 6.04 Å². The van der Waals surface area contributed by atoms with Crippen molar-refractivity contribution in [1.82, 2.24) is 9.80 Å². The minimum atomic E-state index is 0.400. The van der Waals surface area contributed by atoms with E-state index in [9.17, 15) is 0 Å². The minimum Gasteiger partial charge on any atom is -0.330 e. The number of rotatable bonds is 7. The SMILES string of the molecule is CN(C)C1CCN(CCCC(CCN)C(C)(C)C)CC1. The number of nitrogens with zero attached hydrogens (tertiary/aromatic N) is 2. The molecule has 0 radical (unpaired) electrons. The molecule has 0 amide bonds. The molecule has 1 heterocycles. The Morgan fingerprint density at radius 2 is 1.75 bits per heavy atom. The second kappa shape index (κ2) is 8.35. The first kappa shape index (κ1) is 17.9. The summed E-state index contributed by atoms with van der Waals surface area (Å²) in [4.78, 5) is 5.04. The molecule has 1 aliphatic heterocycles. The Kier molecular flexibility index (Phi) is 7.49. The topological polar surface area (TPSA) is 32.5 Å². The highest BCUT2D eigenvalue weighted by Crippen LogP contribution is 2.32. The number of likely N-dealkylation sites (tertiary alicyclic amines) is 1. The molecule has 0 aromatic heterocycles. The van der Waals surface area contributed by atoms with Crippen LogP contribution in [-0.2, 0) is 0 Å². The maximum Gasteiger partial charge on any atom is 0.0113 e. The summed E-state index contributed by atoms with van der Waals surface area (Å²) in [6.45, 7) is 11.7. The van der Waals surface area contributed by atoms with Gasteiger partial charge in [-0.25, -0.2) is 0 Å². The molecular weight excluding hydrogens is 246 g/mol. The van der Waals surface area contributed by atoms with Crippen molar-refractivity contribution < 1.29 is 0 Å². The summed E-state index contributed by atoms with van der Waals surface area (Å²) in [5, 5.41) is 0. The Bertz CT molecular complexity index is 249. The predicted molar refractivity (Wildman–Crippen MR) is 89.0 cm³/mol. The predicted octanol–water partition coefficient (Wildman–Crippen LogP) is 2.80. The Hall–Kier alpha value is -0.120. The molecule has 1 aliphatic rings. The van der Waals surface area contributed by atoms with E-state index < -0.39 is 0 Å². The van der Waals surface area contributed by atoms with E-state index in [0.29, 0.717) is 5.41 Å². The smallest absolute Gasteiger partial charge is 0.0113 e. The Labute approximate surface area is 126 Å². The summed E-state index contributed by atoms with van der Waals surface area (Å²) in [7, 11) is 4.42. The van der Waals surface area contributed by atoms with E-state index in [4.69, 9.17) is 5.73 Å². The van der Waals surface area contributed by atoms with Gasteiger partial charge in [0.15, 0.2) is 0 Å². The lowest BCUT2D eigenvalue weighted by Crippen LogP contribution is -2.42. The third-order valence-corrected chi connectivity index (χ3v) is 5.05. The van der Waals surface area contributed by atoms with Crippen LogP contribution in [0.2, 0.25) is 0 Å². The molecule has 1 unspecified atom stereocenters. The quantitative estimate of drug-likeness (QED) is 0.780. The number of piperidine rings is 1. The van der Waals surface area contributed by atoms with E-state index in [1.807, 2.05) is 0 Å². The third-order valence-electron chi connectivity index (χ3n) is 5.05. The molecule has 1 atom stereocenters.